The molecule has 0 aliphatic carbocycles. The molecule has 0 aliphatic rings. The summed E-state index contributed by atoms with van der Waals surface area (Å²) in [5.74, 6) is -0.0276. The summed E-state index contributed by atoms with van der Waals surface area (Å²) < 4.78 is 3.50. The average molecular weight is 351 g/mol. The van der Waals surface area contributed by atoms with Crippen LogP contribution in [0.4, 0.5) is 0 Å². The summed E-state index contributed by atoms with van der Waals surface area (Å²) in [4.78, 5) is 24.8. The fraction of sp³-hybridized carbons (Fsp3) is 0.333. The van der Waals surface area contributed by atoms with Gasteiger partial charge in [-0.3, -0.25) is 13.9 Å². The topological polar surface area (TPSA) is 56.0 Å². The second-order valence-corrected chi connectivity index (χ2v) is 6.41. The van der Waals surface area contributed by atoms with Gasteiger partial charge in [0.25, 0.3) is 0 Å². The second kappa shape index (κ2) is 8.52. The van der Waals surface area contributed by atoms with E-state index in [2.05, 4.69) is 12.2 Å². The first-order chi connectivity index (χ1) is 12.7. The zero-order valence-corrected chi connectivity index (χ0v) is 15.1. The number of carbonyl (C=O) groups excluding carboxylic acids is 1. The molecule has 1 aromatic heterocycles. The molecule has 2 aromatic carbocycles. The number of aryl methyl sites for hydroxylation is 2. The molecule has 1 amide bonds. The quantitative estimate of drug-likeness (QED) is 0.678. The normalized spacial score (nSPS) is 11.0. The molecule has 0 saturated carbocycles. The van der Waals surface area contributed by atoms with Crippen molar-refractivity contribution in [3.05, 3.63) is 70.6 Å². The maximum atomic E-state index is 12.7. The van der Waals surface area contributed by atoms with Gasteiger partial charge in [-0.2, -0.15) is 0 Å². The van der Waals surface area contributed by atoms with Crippen LogP contribution in [0.1, 0.15) is 25.3 Å². The average Bonchev–Trinajstić information content (AvgIpc) is 2.93. The summed E-state index contributed by atoms with van der Waals surface area (Å²) in [7, 11) is 0. The van der Waals surface area contributed by atoms with Crippen LogP contribution >= 0.6 is 0 Å². The van der Waals surface area contributed by atoms with Gasteiger partial charge in [0.05, 0.1) is 11.0 Å². The SMILES string of the molecule is CCCn1c(=O)n(CCC(=O)NCCc2ccccc2)c2ccccc21. The Labute approximate surface area is 153 Å². The molecular weight excluding hydrogens is 326 g/mol. The number of nitrogens with one attached hydrogen (secondary N) is 1. The predicted molar refractivity (Wildman–Crippen MR) is 104 cm³/mol. The van der Waals surface area contributed by atoms with Crippen LogP contribution in [-0.4, -0.2) is 21.6 Å². The third kappa shape index (κ3) is 4.04. The highest BCUT2D eigenvalue weighted by atomic mass is 16.2. The number of imidazole rings is 1. The molecule has 0 radical (unpaired) electrons. The van der Waals surface area contributed by atoms with E-state index < -0.39 is 0 Å². The maximum absolute atomic E-state index is 12.7. The van der Waals surface area contributed by atoms with E-state index in [1.54, 1.807) is 9.13 Å². The van der Waals surface area contributed by atoms with Gasteiger partial charge in [-0.05, 0) is 30.5 Å². The third-order valence-corrected chi connectivity index (χ3v) is 4.51. The standard InChI is InChI=1S/C21H25N3O2/c1-2-15-23-18-10-6-7-11-19(18)24(21(23)26)16-13-20(25)22-14-12-17-8-4-3-5-9-17/h3-11H,2,12-16H2,1H3,(H,22,25). The largest absolute Gasteiger partial charge is 0.356 e. The van der Waals surface area contributed by atoms with Gasteiger partial charge < -0.3 is 5.32 Å². The van der Waals surface area contributed by atoms with Crippen LogP contribution in [0, 0.1) is 0 Å². The molecular formula is C21H25N3O2. The van der Waals surface area contributed by atoms with Crippen molar-refractivity contribution in [1.29, 1.82) is 0 Å². The zero-order chi connectivity index (χ0) is 18.4. The van der Waals surface area contributed by atoms with Gasteiger partial charge in [-0.1, -0.05) is 49.4 Å². The van der Waals surface area contributed by atoms with Gasteiger partial charge in [0, 0.05) is 26.1 Å². The number of hydrogen-bond donors (Lipinski definition) is 1. The Morgan fingerprint density at radius 2 is 1.54 bits per heavy atom. The first-order valence-electron chi connectivity index (χ1n) is 9.19. The molecule has 5 nitrogen and oxygen atoms in total. The lowest BCUT2D eigenvalue weighted by Crippen LogP contribution is -2.29. The molecule has 0 fully saturated rings. The first kappa shape index (κ1) is 18.0. The molecule has 5 heteroatoms. The highest BCUT2D eigenvalue weighted by Crippen LogP contribution is 2.13. The molecule has 0 unspecified atom stereocenters. The molecule has 26 heavy (non-hydrogen) atoms. The Morgan fingerprint density at radius 3 is 2.19 bits per heavy atom. The molecule has 0 atom stereocenters. The second-order valence-electron chi connectivity index (χ2n) is 6.41. The summed E-state index contributed by atoms with van der Waals surface area (Å²) in [6.45, 7) is 3.75. The fourth-order valence-electron chi connectivity index (χ4n) is 3.22. The van der Waals surface area contributed by atoms with E-state index in [0.717, 1.165) is 23.9 Å². The Balaban J connectivity index is 1.61. The van der Waals surface area contributed by atoms with Crippen LogP contribution in [0.3, 0.4) is 0 Å². The van der Waals surface area contributed by atoms with Crippen molar-refractivity contribution < 1.29 is 4.79 Å². The van der Waals surface area contributed by atoms with Crippen LogP contribution in [-0.2, 0) is 24.3 Å². The summed E-state index contributed by atoms with van der Waals surface area (Å²) in [5, 5.41) is 2.94. The monoisotopic (exact) mass is 351 g/mol. The van der Waals surface area contributed by atoms with E-state index in [-0.39, 0.29) is 11.6 Å². The fourth-order valence-corrected chi connectivity index (χ4v) is 3.22. The number of hydrogen-bond acceptors (Lipinski definition) is 2. The highest BCUT2D eigenvalue weighted by molar-refractivity contribution is 5.78. The minimum absolute atomic E-state index is 0.0276. The molecule has 0 saturated heterocycles. The van der Waals surface area contributed by atoms with E-state index in [0.29, 0.717) is 26.1 Å². The number of rotatable bonds is 8. The minimum Gasteiger partial charge on any atom is -0.356 e. The lowest BCUT2D eigenvalue weighted by Gasteiger charge is -2.06. The van der Waals surface area contributed by atoms with Crippen molar-refractivity contribution >= 4 is 16.9 Å². The highest BCUT2D eigenvalue weighted by Gasteiger charge is 2.13. The minimum atomic E-state index is -0.0369. The number of para-hydroxylation sites is 2. The maximum Gasteiger partial charge on any atom is 0.329 e. The van der Waals surface area contributed by atoms with E-state index in [9.17, 15) is 9.59 Å². The third-order valence-electron chi connectivity index (χ3n) is 4.51. The Hall–Kier alpha value is -2.82. The molecule has 1 heterocycles. The van der Waals surface area contributed by atoms with Gasteiger partial charge in [-0.15, -0.1) is 0 Å². The van der Waals surface area contributed by atoms with E-state index in [4.69, 9.17) is 0 Å². The van der Waals surface area contributed by atoms with E-state index in [1.807, 2.05) is 54.6 Å². The van der Waals surface area contributed by atoms with Crippen molar-refractivity contribution in [3.8, 4) is 0 Å². The zero-order valence-electron chi connectivity index (χ0n) is 15.1. The number of fused-ring (bicyclic) bond motifs is 1. The van der Waals surface area contributed by atoms with Crippen LogP contribution in [0.2, 0.25) is 0 Å². The van der Waals surface area contributed by atoms with Gasteiger partial charge in [0.2, 0.25) is 5.91 Å². The van der Waals surface area contributed by atoms with Gasteiger partial charge in [-0.25, -0.2) is 4.79 Å². The van der Waals surface area contributed by atoms with Gasteiger partial charge in [0.15, 0.2) is 0 Å². The predicted octanol–water partition coefficient (Wildman–Crippen LogP) is 2.96. The smallest absolute Gasteiger partial charge is 0.329 e. The number of nitrogens with zero attached hydrogens (tertiary/aromatic N) is 2. The van der Waals surface area contributed by atoms with Crippen molar-refractivity contribution in [2.75, 3.05) is 6.54 Å². The van der Waals surface area contributed by atoms with Crippen molar-refractivity contribution in [2.24, 2.45) is 0 Å². The molecule has 136 valence electrons. The van der Waals surface area contributed by atoms with Gasteiger partial charge in [0.1, 0.15) is 0 Å². The molecule has 1 N–H and O–H groups in total. The van der Waals surface area contributed by atoms with Gasteiger partial charge >= 0.3 is 5.69 Å². The summed E-state index contributed by atoms with van der Waals surface area (Å²) >= 11 is 0. The number of benzene rings is 2. The summed E-state index contributed by atoms with van der Waals surface area (Å²) in [5.41, 5.74) is 2.99. The lowest BCUT2D eigenvalue weighted by atomic mass is 10.1. The number of carbonyl (C=O) groups is 1. The molecule has 0 spiro atoms. The summed E-state index contributed by atoms with van der Waals surface area (Å²) in [6, 6.07) is 17.8. The number of amides is 1. The van der Waals surface area contributed by atoms with Crippen LogP contribution < -0.4 is 11.0 Å². The Morgan fingerprint density at radius 1 is 0.923 bits per heavy atom. The molecule has 0 bridgehead atoms. The van der Waals surface area contributed by atoms with Crippen LogP contribution in [0.25, 0.3) is 11.0 Å². The van der Waals surface area contributed by atoms with E-state index >= 15 is 0 Å². The molecule has 3 aromatic rings. The van der Waals surface area contributed by atoms with E-state index in [1.165, 1.54) is 5.56 Å². The molecule has 3 rings (SSSR count). The Kier molecular flexibility index (Phi) is 5.89. The van der Waals surface area contributed by atoms with Crippen molar-refractivity contribution in [1.82, 2.24) is 14.5 Å². The lowest BCUT2D eigenvalue weighted by molar-refractivity contribution is -0.121. The first-order valence-corrected chi connectivity index (χ1v) is 9.19. The van der Waals surface area contributed by atoms with Crippen molar-refractivity contribution in [2.45, 2.75) is 39.3 Å². The summed E-state index contributed by atoms with van der Waals surface area (Å²) in [6.07, 6.45) is 2.01. The molecule has 0 aliphatic heterocycles. The number of aromatic nitrogens is 2. The van der Waals surface area contributed by atoms with Crippen molar-refractivity contribution in [3.63, 3.8) is 0 Å². The van der Waals surface area contributed by atoms with Crippen LogP contribution in [0.5, 0.6) is 0 Å². The Bertz CT molecular complexity index is 925. The van der Waals surface area contributed by atoms with Crippen LogP contribution in [0.15, 0.2) is 59.4 Å².